The van der Waals surface area contributed by atoms with Gasteiger partial charge in [-0.25, -0.2) is 4.79 Å². The van der Waals surface area contributed by atoms with Crippen molar-refractivity contribution < 1.29 is 18.7 Å². The number of hydrogen-bond acceptors (Lipinski definition) is 4. The van der Waals surface area contributed by atoms with Crippen LogP contribution < -0.4 is 0 Å². The highest BCUT2D eigenvalue weighted by Crippen LogP contribution is 2.28. The van der Waals surface area contributed by atoms with Gasteiger partial charge in [0.15, 0.2) is 5.76 Å². The van der Waals surface area contributed by atoms with E-state index in [-0.39, 0.29) is 12.4 Å². The van der Waals surface area contributed by atoms with Gasteiger partial charge in [-0.1, -0.05) is 11.6 Å². The van der Waals surface area contributed by atoms with Crippen LogP contribution in [0, 0.1) is 6.92 Å². The molecule has 0 fully saturated rings. The first-order valence-electron chi connectivity index (χ1n) is 5.44. The third kappa shape index (κ3) is 2.11. The fourth-order valence-electron chi connectivity index (χ4n) is 1.70. The van der Waals surface area contributed by atoms with Gasteiger partial charge in [0.05, 0.1) is 6.61 Å². The number of ketones is 1. The van der Waals surface area contributed by atoms with Crippen molar-refractivity contribution in [2.75, 3.05) is 6.61 Å². The highest BCUT2D eigenvalue weighted by molar-refractivity contribution is 6.40. The molecule has 4 nitrogen and oxygen atoms in total. The number of carbonyl (C=O) groups excluding carboxylic acids is 2. The minimum Gasteiger partial charge on any atom is -0.460 e. The maximum absolute atomic E-state index is 11.8. The minimum absolute atomic E-state index is 0.00529. The molecule has 1 heterocycles. The van der Waals surface area contributed by atoms with Gasteiger partial charge in [-0.05, 0) is 32.0 Å². The van der Waals surface area contributed by atoms with Gasteiger partial charge < -0.3 is 9.15 Å². The molecule has 94 valence electrons. The standard InChI is InChI=1S/C13H11ClO4/c1-3-17-13(16)11(15)12-7(2)9-6-8(14)4-5-10(9)18-12/h4-6H,3H2,1-2H3. The van der Waals surface area contributed by atoms with Crippen molar-refractivity contribution >= 4 is 34.3 Å². The lowest BCUT2D eigenvalue weighted by Gasteiger charge is -1.98. The number of benzene rings is 1. The van der Waals surface area contributed by atoms with Gasteiger partial charge in [0.2, 0.25) is 0 Å². The largest absolute Gasteiger partial charge is 0.460 e. The van der Waals surface area contributed by atoms with Crippen LogP contribution in [0.3, 0.4) is 0 Å². The first kappa shape index (κ1) is 12.6. The molecule has 0 atom stereocenters. The van der Waals surface area contributed by atoms with Crippen molar-refractivity contribution in [1.29, 1.82) is 0 Å². The maximum atomic E-state index is 11.8. The van der Waals surface area contributed by atoms with E-state index in [2.05, 4.69) is 4.74 Å². The molecular formula is C13H11ClO4. The van der Waals surface area contributed by atoms with Crippen molar-refractivity contribution in [3.8, 4) is 0 Å². The molecule has 2 aromatic rings. The minimum atomic E-state index is -0.911. The molecule has 2 rings (SSSR count). The summed E-state index contributed by atoms with van der Waals surface area (Å²) >= 11 is 5.87. The first-order valence-corrected chi connectivity index (χ1v) is 5.82. The fraction of sp³-hybridized carbons (Fsp3) is 0.231. The Morgan fingerprint density at radius 3 is 2.78 bits per heavy atom. The molecule has 0 unspecified atom stereocenters. The van der Waals surface area contributed by atoms with E-state index in [9.17, 15) is 9.59 Å². The van der Waals surface area contributed by atoms with Gasteiger partial charge in [-0.2, -0.15) is 0 Å². The number of furan rings is 1. The van der Waals surface area contributed by atoms with Crippen LogP contribution in [0.5, 0.6) is 0 Å². The Morgan fingerprint density at radius 2 is 2.11 bits per heavy atom. The van der Waals surface area contributed by atoms with Crippen molar-refractivity contribution in [3.63, 3.8) is 0 Å². The lowest BCUT2D eigenvalue weighted by Crippen LogP contribution is -2.17. The average Bonchev–Trinajstić information content (AvgIpc) is 2.66. The van der Waals surface area contributed by atoms with E-state index in [0.717, 1.165) is 5.39 Å². The van der Waals surface area contributed by atoms with E-state index in [0.29, 0.717) is 16.2 Å². The zero-order chi connectivity index (χ0) is 13.3. The van der Waals surface area contributed by atoms with Crippen LogP contribution in [0.1, 0.15) is 23.0 Å². The highest BCUT2D eigenvalue weighted by atomic mass is 35.5. The van der Waals surface area contributed by atoms with Gasteiger partial charge in [-0.3, -0.25) is 4.79 Å². The Morgan fingerprint density at radius 1 is 1.39 bits per heavy atom. The van der Waals surface area contributed by atoms with Crippen LogP contribution in [0.15, 0.2) is 22.6 Å². The molecular weight excluding hydrogens is 256 g/mol. The van der Waals surface area contributed by atoms with Crippen LogP contribution in [-0.4, -0.2) is 18.4 Å². The maximum Gasteiger partial charge on any atom is 0.383 e. The molecule has 0 saturated heterocycles. The van der Waals surface area contributed by atoms with Crippen LogP contribution in [-0.2, 0) is 9.53 Å². The molecule has 0 aliphatic heterocycles. The number of Topliss-reactive ketones (excluding diaryl/α,β-unsaturated/α-hetero) is 1. The molecule has 5 heteroatoms. The number of esters is 1. The number of halogens is 1. The molecule has 18 heavy (non-hydrogen) atoms. The third-order valence-corrected chi connectivity index (χ3v) is 2.80. The SMILES string of the molecule is CCOC(=O)C(=O)c1oc2ccc(Cl)cc2c1C. The quantitative estimate of drug-likeness (QED) is 0.486. The average molecular weight is 267 g/mol. The molecule has 1 aromatic heterocycles. The molecule has 1 aromatic carbocycles. The van der Waals surface area contributed by atoms with Gasteiger partial charge in [-0.15, -0.1) is 0 Å². The van der Waals surface area contributed by atoms with E-state index < -0.39 is 11.8 Å². The lowest BCUT2D eigenvalue weighted by molar-refractivity contribution is -0.137. The summed E-state index contributed by atoms with van der Waals surface area (Å²) < 4.78 is 10.0. The molecule has 0 saturated carbocycles. The summed E-state index contributed by atoms with van der Waals surface area (Å²) in [6.07, 6.45) is 0. The van der Waals surface area contributed by atoms with Crippen molar-refractivity contribution in [3.05, 3.63) is 34.5 Å². The fourth-order valence-corrected chi connectivity index (χ4v) is 1.87. The Balaban J connectivity index is 2.49. The topological polar surface area (TPSA) is 56.5 Å². The van der Waals surface area contributed by atoms with E-state index in [1.54, 1.807) is 32.0 Å². The smallest absolute Gasteiger partial charge is 0.383 e. The molecule has 0 aliphatic rings. The second-order valence-electron chi connectivity index (χ2n) is 3.75. The van der Waals surface area contributed by atoms with Crippen LogP contribution in [0.4, 0.5) is 0 Å². The summed E-state index contributed by atoms with van der Waals surface area (Å²) in [4.78, 5) is 23.2. The Hall–Kier alpha value is -1.81. The number of hydrogen-bond donors (Lipinski definition) is 0. The van der Waals surface area contributed by atoms with E-state index in [1.165, 1.54) is 0 Å². The number of ether oxygens (including phenoxy) is 1. The molecule has 0 aliphatic carbocycles. The second kappa shape index (κ2) is 4.82. The summed E-state index contributed by atoms with van der Waals surface area (Å²) in [6, 6.07) is 5.01. The predicted octanol–water partition coefficient (Wildman–Crippen LogP) is 3.14. The predicted molar refractivity (Wildman–Crippen MR) is 66.9 cm³/mol. The third-order valence-electron chi connectivity index (χ3n) is 2.57. The normalized spacial score (nSPS) is 10.6. The van der Waals surface area contributed by atoms with Crippen LogP contribution in [0.2, 0.25) is 5.02 Å². The first-order chi connectivity index (χ1) is 8.54. The van der Waals surface area contributed by atoms with Crippen LogP contribution >= 0.6 is 11.6 Å². The van der Waals surface area contributed by atoms with E-state index in [1.807, 2.05) is 0 Å². The number of aryl methyl sites for hydroxylation is 1. The summed E-state index contributed by atoms with van der Waals surface area (Å²) in [6.45, 7) is 3.49. The molecule has 0 bridgehead atoms. The zero-order valence-electron chi connectivity index (χ0n) is 9.95. The summed E-state index contributed by atoms with van der Waals surface area (Å²) in [5.74, 6) is -1.68. The zero-order valence-corrected chi connectivity index (χ0v) is 10.7. The Bertz CT molecular complexity index is 627. The van der Waals surface area contributed by atoms with Crippen molar-refractivity contribution in [2.24, 2.45) is 0 Å². The monoisotopic (exact) mass is 266 g/mol. The summed E-state index contributed by atoms with van der Waals surface area (Å²) in [5, 5.41) is 1.26. The van der Waals surface area contributed by atoms with Gasteiger partial charge in [0, 0.05) is 16.0 Å². The van der Waals surface area contributed by atoms with E-state index in [4.69, 9.17) is 16.0 Å². The molecule has 0 N–H and O–H groups in total. The highest BCUT2D eigenvalue weighted by Gasteiger charge is 2.25. The van der Waals surface area contributed by atoms with E-state index >= 15 is 0 Å². The summed E-state index contributed by atoms with van der Waals surface area (Å²) in [7, 11) is 0. The molecule has 0 spiro atoms. The molecule has 0 radical (unpaired) electrons. The number of carbonyl (C=O) groups is 2. The molecule has 0 amide bonds. The summed E-state index contributed by atoms with van der Waals surface area (Å²) in [5.41, 5.74) is 1.11. The van der Waals surface area contributed by atoms with Gasteiger partial charge in [0.1, 0.15) is 5.58 Å². The van der Waals surface area contributed by atoms with Crippen molar-refractivity contribution in [2.45, 2.75) is 13.8 Å². The second-order valence-corrected chi connectivity index (χ2v) is 4.18. The lowest BCUT2D eigenvalue weighted by atomic mass is 10.1. The number of fused-ring (bicyclic) bond motifs is 1. The van der Waals surface area contributed by atoms with Crippen LogP contribution in [0.25, 0.3) is 11.0 Å². The Labute approximate surface area is 108 Å². The van der Waals surface area contributed by atoms with Gasteiger partial charge in [0.25, 0.3) is 0 Å². The number of rotatable bonds is 3. The van der Waals surface area contributed by atoms with Gasteiger partial charge >= 0.3 is 11.8 Å². The Kier molecular flexibility index (Phi) is 3.39. The van der Waals surface area contributed by atoms with Crippen molar-refractivity contribution in [1.82, 2.24) is 0 Å².